The maximum absolute atomic E-state index is 12.2. The highest BCUT2D eigenvalue weighted by Gasteiger charge is 2.15. The molecule has 2 aromatic rings. The number of aliphatic hydroxyl groups excluding tert-OH is 1. The molecule has 0 unspecified atom stereocenters. The minimum Gasteiger partial charge on any atom is -0.395 e. The molecule has 0 bridgehead atoms. The molecular formula is C13H17N3O2S. The molecule has 0 aromatic carbocycles. The van der Waals surface area contributed by atoms with Crippen LogP contribution < -0.4 is 0 Å². The predicted octanol–water partition coefficient (Wildman–Crippen LogP) is 1.34. The lowest BCUT2D eigenvalue weighted by atomic mass is 10.3. The number of nitrogens with zero attached hydrogens (tertiary/aromatic N) is 2. The molecule has 2 aromatic heterocycles. The molecule has 2 rings (SSSR count). The van der Waals surface area contributed by atoms with E-state index in [2.05, 4.69) is 9.97 Å². The highest BCUT2D eigenvalue weighted by atomic mass is 32.1. The molecule has 0 aliphatic heterocycles. The quantitative estimate of drug-likeness (QED) is 0.838. The number of thiophene rings is 1. The lowest BCUT2D eigenvalue weighted by Crippen LogP contribution is -2.34. The van der Waals surface area contributed by atoms with Gasteiger partial charge in [-0.3, -0.25) is 4.79 Å². The Morgan fingerprint density at radius 3 is 3.00 bits per heavy atom. The van der Waals surface area contributed by atoms with Gasteiger partial charge in [0.15, 0.2) is 0 Å². The summed E-state index contributed by atoms with van der Waals surface area (Å²) < 4.78 is 0. The minimum atomic E-state index is -0.0384. The van der Waals surface area contributed by atoms with Gasteiger partial charge in [-0.2, -0.15) is 0 Å². The molecule has 5 nitrogen and oxygen atoms in total. The van der Waals surface area contributed by atoms with E-state index in [0.29, 0.717) is 19.5 Å². The molecular weight excluding hydrogens is 262 g/mol. The summed E-state index contributed by atoms with van der Waals surface area (Å²) in [5.41, 5.74) is 0.880. The molecule has 1 amide bonds. The SMILES string of the molecule is Cc1ncc(CN(CCO)C(=O)Cc2cccs2)[nH]1. The Hall–Kier alpha value is -1.66. The van der Waals surface area contributed by atoms with Crippen molar-refractivity contribution in [1.82, 2.24) is 14.9 Å². The van der Waals surface area contributed by atoms with Crippen molar-refractivity contribution >= 4 is 17.2 Å². The third-order valence-electron chi connectivity index (χ3n) is 2.74. The van der Waals surface area contributed by atoms with Gasteiger partial charge in [-0.15, -0.1) is 11.3 Å². The topological polar surface area (TPSA) is 69.2 Å². The molecule has 0 radical (unpaired) electrons. The van der Waals surface area contributed by atoms with E-state index in [-0.39, 0.29) is 12.5 Å². The number of aromatic nitrogens is 2. The molecule has 0 fully saturated rings. The Bertz CT molecular complexity index is 522. The molecule has 0 aliphatic carbocycles. The zero-order valence-corrected chi connectivity index (χ0v) is 11.6. The number of hydrogen-bond acceptors (Lipinski definition) is 4. The van der Waals surface area contributed by atoms with Crippen LogP contribution in [0.25, 0.3) is 0 Å². The van der Waals surface area contributed by atoms with E-state index in [1.165, 1.54) is 0 Å². The van der Waals surface area contributed by atoms with Gasteiger partial charge >= 0.3 is 0 Å². The summed E-state index contributed by atoms with van der Waals surface area (Å²) >= 11 is 1.57. The van der Waals surface area contributed by atoms with Crippen LogP contribution in [-0.2, 0) is 17.8 Å². The second kappa shape index (κ2) is 6.49. The number of carbonyl (C=O) groups is 1. The maximum Gasteiger partial charge on any atom is 0.228 e. The summed E-state index contributed by atoms with van der Waals surface area (Å²) in [4.78, 5) is 22.1. The lowest BCUT2D eigenvalue weighted by molar-refractivity contribution is -0.131. The highest BCUT2D eigenvalue weighted by Crippen LogP contribution is 2.12. The number of hydrogen-bond donors (Lipinski definition) is 2. The van der Waals surface area contributed by atoms with E-state index >= 15 is 0 Å². The largest absolute Gasteiger partial charge is 0.395 e. The van der Waals surface area contributed by atoms with Crippen molar-refractivity contribution in [2.45, 2.75) is 19.9 Å². The van der Waals surface area contributed by atoms with E-state index in [1.807, 2.05) is 24.4 Å². The van der Waals surface area contributed by atoms with E-state index in [1.54, 1.807) is 22.4 Å². The molecule has 2 heterocycles. The molecule has 0 saturated heterocycles. The number of nitrogens with one attached hydrogen (secondary N) is 1. The van der Waals surface area contributed by atoms with Gasteiger partial charge in [-0.25, -0.2) is 4.98 Å². The number of aryl methyl sites for hydroxylation is 1. The van der Waals surface area contributed by atoms with Crippen molar-refractivity contribution in [2.75, 3.05) is 13.2 Å². The Labute approximate surface area is 115 Å². The van der Waals surface area contributed by atoms with Gasteiger partial charge in [0.05, 0.1) is 31.5 Å². The predicted molar refractivity (Wildman–Crippen MR) is 73.9 cm³/mol. The van der Waals surface area contributed by atoms with Crippen LogP contribution in [0.1, 0.15) is 16.4 Å². The average Bonchev–Trinajstić information content (AvgIpc) is 3.01. The Morgan fingerprint density at radius 2 is 2.42 bits per heavy atom. The Balaban J connectivity index is 2.00. The number of carbonyl (C=O) groups excluding carboxylic acids is 1. The Kier molecular flexibility index (Phi) is 4.70. The van der Waals surface area contributed by atoms with Crippen LogP contribution in [0.15, 0.2) is 23.7 Å². The van der Waals surface area contributed by atoms with Gasteiger partial charge in [0, 0.05) is 11.4 Å². The fourth-order valence-corrected chi connectivity index (χ4v) is 2.54. The summed E-state index contributed by atoms with van der Waals surface area (Å²) in [6, 6.07) is 3.88. The normalized spacial score (nSPS) is 10.6. The van der Waals surface area contributed by atoms with Crippen molar-refractivity contribution in [1.29, 1.82) is 0 Å². The molecule has 6 heteroatoms. The fourth-order valence-electron chi connectivity index (χ4n) is 1.84. The van der Waals surface area contributed by atoms with Gasteiger partial charge in [0.2, 0.25) is 5.91 Å². The summed E-state index contributed by atoms with van der Waals surface area (Å²) in [5.74, 6) is 0.841. The third kappa shape index (κ3) is 3.90. The zero-order valence-electron chi connectivity index (χ0n) is 10.8. The van der Waals surface area contributed by atoms with E-state index in [0.717, 1.165) is 16.4 Å². The molecule has 102 valence electrons. The minimum absolute atomic E-state index is 0.0174. The number of amides is 1. The molecule has 0 atom stereocenters. The van der Waals surface area contributed by atoms with Crippen molar-refractivity contribution < 1.29 is 9.90 Å². The van der Waals surface area contributed by atoms with Crippen molar-refractivity contribution in [3.63, 3.8) is 0 Å². The number of aliphatic hydroxyl groups is 1. The number of imidazole rings is 1. The zero-order chi connectivity index (χ0) is 13.7. The summed E-state index contributed by atoms with van der Waals surface area (Å²) in [7, 11) is 0. The van der Waals surface area contributed by atoms with Gasteiger partial charge in [0.1, 0.15) is 5.82 Å². The fraction of sp³-hybridized carbons (Fsp3) is 0.385. The second-order valence-corrected chi connectivity index (χ2v) is 5.32. The monoisotopic (exact) mass is 279 g/mol. The number of rotatable bonds is 6. The number of aromatic amines is 1. The van der Waals surface area contributed by atoms with E-state index < -0.39 is 0 Å². The second-order valence-electron chi connectivity index (χ2n) is 4.29. The maximum atomic E-state index is 12.2. The van der Waals surface area contributed by atoms with Gasteiger partial charge in [-0.1, -0.05) is 6.07 Å². The number of H-pyrrole nitrogens is 1. The first-order chi connectivity index (χ1) is 9.19. The van der Waals surface area contributed by atoms with Crippen LogP contribution in [0, 0.1) is 6.92 Å². The van der Waals surface area contributed by atoms with E-state index in [4.69, 9.17) is 5.11 Å². The average molecular weight is 279 g/mol. The first-order valence-electron chi connectivity index (χ1n) is 6.10. The molecule has 19 heavy (non-hydrogen) atoms. The van der Waals surface area contributed by atoms with Crippen LogP contribution in [0.5, 0.6) is 0 Å². The van der Waals surface area contributed by atoms with Crippen molar-refractivity contribution in [3.05, 3.63) is 40.1 Å². The first-order valence-corrected chi connectivity index (χ1v) is 6.98. The van der Waals surface area contributed by atoms with E-state index in [9.17, 15) is 4.79 Å². The van der Waals surface area contributed by atoms with Gasteiger partial charge in [-0.05, 0) is 18.4 Å². The van der Waals surface area contributed by atoms with Crippen LogP contribution >= 0.6 is 11.3 Å². The third-order valence-corrected chi connectivity index (χ3v) is 3.62. The van der Waals surface area contributed by atoms with Crippen molar-refractivity contribution in [2.24, 2.45) is 0 Å². The summed E-state index contributed by atoms with van der Waals surface area (Å²) in [6.45, 7) is 2.62. The van der Waals surface area contributed by atoms with Crippen molar-refractivity contribution in [3.8, 4) is 0 Å². The molecule has 0 saturated carbocycles. The standard InChI is InChI=1S/C13H17N3O2S/c1-10-14-8-11(15-10)9-16(4-5-17)13(18)7-12-3-2-6-19-12/h2-3,6,8,17H,4-5,7,9H2,1H3,(H,14,15). The van der Waals surface area contributed by atoms with Crippen LogP contribution in [-0.4, -0.2) is 39.0 Å². The highest BCUT2D eigenvalue weighted by molar-refractivity contribution is 7.10. The summed E-state index contributed by atoms with van der Waals surface area (Å²) in [5, 5.41) is 11.0. The summed E-state index contributed by atoms with van der Waals surface area (Å²) in [6.07, 6.45) is 2.10. The molecule has 2 N–H and O–H groups in total. The Morgan fingerprint density at radius 1 is 1.58 bits per heavy atom. The van der Waals surface area contributed by atoms with Crippen LogP contribution in [0.3, 0.4) is 0 Å². The lowest BCUT2D eigenvalue weighted by Gasteiger charge is -2.20. The van der Waals surface area contributed by atoms with Crippen LogP contribution in [0.2, 0.25) is 0 Å². The molecule has 0 spiro atoms. The van der Waals surface area contributed by atoms with Crippen LogP contribution in [0.4, 0.5) is 0 Å². The first kappa shape index (κ1) is 13.8. The van der Waals surface area contributed by atoms with Gasteiger partial charge < -0.3 is 15.0 Å². The molecule has 0 aliphatic rings. The smallest absolute Gasteiger partial charge is 0.228 e. The van der Waals surface area contributed by atoms with Gasteiger partial charge in [0.25, 0.3) is 0 Å².